The second-order valence-electron chi connectivity index (χ2n) is 9.28. The van der Waals surface area contributed by atoms with Gasteiger partial charge in [0.1, 0.15) is 16.6 Å². The van der Waals surface area contributed by atoms with E-state index in [0.717, 1.165) is 17.4 Å². The SMILES string of the molecule is CC1(NS(=O)c2ccc3[nH]c(=O)n(C4CN(C(=O)OC(C)(C)C)C4)c(=O)c3c2)CC1. The van der Waals surface area contributed by atoms with E-state index in [-0.39, 0.29) is 18.6 Å². The molecule has 1 atom stereocenters. The number of likely N-dealkylation sites (tertiary alicyclic amines) is 1. The standard InChI is InChI=1S/C20H26N4O5S/c1-19(2,3)29-18(27)23-10-12(11-23)24-16(25)14-9-13(5-6-15(14)21-17(24)26)30(28)22-20(4)7-8-20/h5-6,9,12,22H,7-8,10-11H2,1-4H3,(H,21,26). The summed E-state index contributed by atoms with van der Waals surface area (Å²) < 4.78 is 22.1. The van der Waals surface area contributed by atoms with E-state index < -0.39 is 40.0 Å². The first kappa shape index (κ1) is 20.8. The highest BCUT2D eigenvalue weighted by Crippen LogP contribution is 2.35. The Hall–Kier alpha value is -2.46. The zero-order chi connectivity index (χ0) is 21.8. The monoisotopic (exact) mass is 434 g/mol. The van der Waals surface area contributed by atoms with Gasteiger partial charge in [0.15, 0.2) is 0 Å². The number of benzene rings is 1. The van der Waals surface area contributed by atoms with Crippen LogP contribution in [0.5, 0.6) is 0 Å². The highest BCUT2D eigenvalue weighted by Gasteiger charge is 2.39. The lowest BCUT2D eigenvalue weighted by atomic mass is 10.1. The van der Waals surface area contributed by atoms with Crippen molar-refractivity contribution in [3.63, 3.8) is 0 Å². The van der Waals surface area contributed by atoms with Crippen LogP contribution in [0, 0.1) is 0 Å². The number of carbonyl (C=O) groups is 1. The number of H-pyrrole nitrogens is 1. The Kier molecular flexibility index (Phi) is 4.89. The number of hydrogen-bond donors (Lipinski definition) is 2. The topological polar surface area (TPSA) is 114 Å². The number of hydrogen-bond acceptors (Lipinski definition) is 5. The van der Waals surface area contributed by atoms with Crippen molar-refractivity contribution in [3.8, 4) is 0 Å². The minimum atomic E-state index is -1.45. The van der Waals surface area contributed by atoms with Gasteiger partial charge < -0.3 is 14.6 Å². The van der Waals surface area contributed by atoms with Gasteiger partial charge in [-0.1, -0.05) is 0 Å². The summed E-state index contributed by atoms with van der Waals surface area (Å²) in [4.78, 5) is 42.3. The molecular formula is C20H26N4O5S. The normalized spacial score (nSPS) is 19.4. The molecule has 1 saturated heterocycles. The molecule has 2 aliphatic rings. The molecular weight excluding hydrogens is 408 g/mol. The fourth-order valence-electron chi connectivity index (χ4n) is 3.32. The highest BCUT2D eigenvalue weighted by molar-refractivity contribution is 7.83. The zero-order valence-electron chi connectivity index (χ0n) is 17.5. The highest BCUT2D eigenvalue weighted by atomic mass is 32.2. The van der Waals surface area contributed by atoms with Crippen LogP contribution in [-0.4, -0.2) is 49.0 Å². The first-order valence-corrected chi connectivity index (χ1v) is 11.1. The Labute approximate surface area is 176 Å². The van der Waals surface area contributed by atoms with E-state index in [1.54, 1.807) is 39.0 Å². The summed E-state index contributed by atoms with van der Waals surface area (Å²) in [6.45, 7) is 7.77. The molecule has 30 heavy (non-hydrogen) atoms. The van der Waals surface area contributed by atoms with Crippen molar-refractivity contribution >= 4 is 28.0 Å². The van der Waals surface area contributed by atoms with Crippen LogP contribution in [0.2, 0.25) is 0 Å². The van der Waals surface area contributed by atoms with Gasteiger partial charge in [0.05, 0.1) is 21.8 Å². The molecule has 1 aliphatic carbocycles. The molecule has 1 aromatic carbocycles. The molecule has 2 fully saturated rings. The maximum atomic E-state index is 13.1. The van der Waals surface area contributed by atoms with Crippen LogP contribution in [0.1, 0.15) is 46.6 Å². The molecule has 10 heteroatoms. The quantitative estimate of drug-likeness (QED) is 0.760. The summed E-state index contributed by atoms with van der Waals surface area (Å²) >= 11 is 0. The number of rotatable bonds is 4. The number of aromatic nitrogens is 2. The summed E-state index contributed by atoms with van der Waals surface area (Å²) in [5.74, 6) is 0. The summed E-state index contributed by atoms with van der Waals surface area (Å²) in [6.07, 6.45) is 1.45. The van der Waals surface area contributed by atoms with E-state index in [0.29, 0.717) is 15.8 Å². The van der Waals surface area contributed by atoms with Crippen LogP contribution in [-0.2, 0) is 15.7 Å². The summed E-state index contributed by atoms with van der Waals surface area (Å²) in [5.41, 5.74) is -1.33. The maximum Gasteiger partial charge on any atom is 0.410 e. The van der Waals surface area contributed by atoms with Crippen LogP contribution in [0.4, 0.5) is 4.79 Å². The van der Waals surface area contributed by atoms with Crippen molar-refractivity contribution in [2.75, 3.05) is 13.1 Å². The van der Waals surface area contributed by atoms with Gasteiger partial charge in [0, 0.05) is 18.6 Å². The van der Waals surface area contributed by atoms with Gasteiger partial charge in [-0.25, -0.2) is 18.5 Å². The number of carbonyl (C=O) groups excluding carboxylic acids is 1. The molecule has 1 unspecified atom stereocenters. The number of fused-ring (bicyclic) bond motifs is 1. The van der Waals surface area contributed by atoms with Crippen molar-refractivity contribution in [2.24, 2.45) is 0 Å². The van der Waals surface area contributed by atoms with E-state index in [1.165, 1.54) is 4.90 Å². The molecule has 1 amide bonds. The zero-order valence-corrected chi connectivity index (χ0v) is 18.3. The third kappa shape index (κ3) is 4.06. The number of nitrogens with zero attached hydrogens (tertiary/aromatic N) is 2. The minimum absolute atomic E-state index is 0.123. The molecule has 0 spiro atoms. The van der Waals surface area contributed by atoms with Gasteiger partial charge in [-0.2, -0.15) is 0 Å². The lowest BCUT2D eigenvalue weighted by Crippen LogP contribution is -2.56. The lowest BCUT2D eigenvalue weighted by molar-refractivity contribution is 0.000185. The van der Waals surface area contributed by atoms with Gasteiger partial charge in [0.25, 0.3) is 5.56 Å². The minimum Gasteiger partial charge on any atom is -0.444 e. The third-order valence-electron chi connectivity index (χ3n) is 5.33. The summed E-state index contributed by atoms with van der Waals surface area (Å²) in [7, 11) is -1.45. The Balaban J connectivity index is 1.59. The molecule has 2 N–H and O–H groups in total. The van der Waals surface area contributed by atoms with Gasteiger partial charge in [-0.15, -0.1) is 0 Å². The lowest BCUT2D eigenvalue weighted by Gasteiger charge is -2.39. The smallest absolute Gasteiger partial charge is 0.410 e. The predicted octanol–water partition coefficient (Wildman–Crippen LogP) is 1.65. The number of nitrogens with one attached hydrogen (secondary N) is 2. The van der Waals surface area contributed by atoms with Crippen molar-refractivity contribution in [1.82, 2.24) is 19.2 Å². The Bertz CT molecular complexity index is 1150. The molecule has 0 bridgehead atoms. The van der Waals surface area contributed by atoms with Crippen molar-refractivity contribution in [1.29, 1.82) is 0 Å². The van der Waals surface area contributed by atoms with Crippen molar-refractivity contribution < 1.29 is 13.7 Å². The van der Waals surface area contributed by atoms with Gasteiger partial charge >= 0.3 is 11.8 Å². The molecule has 162 valence electrons. The van der Waals surface area contributed by atoms with Crippen molar-refractivity contribution in [3.05, 3.63) is 39.0 Å². The van der Waals surface area contributed by atoms with Crippen LogP contribution in [0.3, 0.4) is 0 Å². The van der Waals surface area contributed by atoms with E-state index in [2.05, 4.69) is 9.71 Å². The van der Waals surface area contributed by atoms with Gasteiger partial charge in [0.2, 0.25) is 0 Å². The summed E-state index contributed by atoms with van der Waals surface area (Å²) in [6, 6.07) is 4.37. The van der Waals surface area contributed by atoms with E-state index in [9.17, 15) is 18.6 Å². The second-order valence-corrected chi connectivity index (χ2v) is 10.5. The maximum absolute atomic E-state index is 13.1. The number of ether oxygens (including phenoxy) is 1. The van der Waals surface area contributed by atoms with Crippen LogP contribution in [0.15, 0.2) is 32.7 Å². The first-order chi connectivity index (χ1) is 14.0. The van der Waals surface area contributed by atoms with Gasteiger partial charge in [-0.05, 0) is 58.7 Å². The molecule has 0 radical (unpaired) electrons. The molecule has 2 aromatic rings. The average molecular weight is 435 g/mol. The molecule has 1 saturated carbocycles. The molecule has 1 aliphatic heterocycles. The molecule has 4 rings (SSSR count). The van der Waals surface area contributed by atoms with Gasteiger partial charge in [-0.3, -0.25) is 9.36 Å². The molecule has 1 aromatic heterocycles. The number of amides is 1. The molecule has 9 nitrogen and oxygen atoms in total. The van der Waals surface area contributed by atoms with E-state index in [1.807, 2.05) is 6.92 Å². The van der Waals surface area contributed by atoms with Crippen LogP contribution < -0.4 is 16.0 Å². The third-order valence-corrected chi connectivity index (χ3v) is 6.69. The van der Waals surface area contributed by atoms with Crippen LogP contribution in [0.25, 0.3) is 10.9 Å². The fourth-order valence-corrected chi connectivity index (χ4v) is 4.51. The fraction of sp³-hybridized carbons (Fsp3) is 0.550. The Morgan fingerprint density at radius 2 is 1.93 bits per heavy atom. The largest absolute Gasteiger partial charge is 0.444 e. The second kappa shape index (κ2) is 7.05. The predicted molar refractivity (Wildman–Crippen MR) is 113 cm³/mol. The van der Waals surface area contributed by atoms with Crippen LogP contribution >= 0.6 is 0 Å². The number of aromatic amines is 1. The summed E-state index contributed by atoms with van der Waals surface area (Å²) in [5, 5.41) is 0.291. The average Bonchev–Trinajstić information content (AvgIpc) is 3.31. The Morgan fingerprint density at radius 1 is 1.27 bits per heavy atom. The first-order valence-electron chi connectivity index (χ1n) is 9.92. The Morgan fingerprint density at radius 3 is 2.53 bits per heavy atom. The van der Waals surface area contributed by atoms with Crippen molar-refractivity contribution in [2.45, 2.75) is 62.6 Å². The van der Waals surface area contributed by atoms with E-state index >= 15 is 0 Å². The van der Waals surface area contributed by atoms with E-state index in [4.69, 9.17) is 4.74 Å². The molecule has 2 heterocycles.